The molecule has 5 heteroatoms. The maximum atomic E-state index is 13.1. The first-order valence-corrected chi connectivity index (χ1v) is 7.55. The molecule has 1 aromatic rings. The second kappa shape index (κ2) is 5.14. The van der Waals surface area contributed by atoms with E-state index in [1.165, 1.54) is 25.0 Å². The van der Waals surface area contributed by atoms with Crippen LogP contribution in [0.3, 0.4) is 0 Å². The molecule has 0 amide bonds. The fraction of sp³-hybridized carbons (Fsp3) is 0.600. The van der Waals surface area contributed by atoms with E-state index in [0.29, 0.717) is 17.6 Å². The molecule has 0 saturated heterocycles. The normalized spacial score (nSPS) is 19.2. The van der Waals surface area contributed by atoms with Crippen molar-refractivity contribution in [3.05, 3.63) is 29.3 Å². The largest absolute Gasteiger partial charge is 0.416 e. The van der Waals surface area contributed by atoms with Crippen LogP contribution in [0.2, 0.25) is 0 Å². The average Bonchev–Trinajstić information content (AvgIpc) is 3.26. The smallest absolute Gasteiger partial charge is 0.368 e. The topological polar surface area (TPSA) is 3.24 Å². The number of rotatable bonds is 5. The van der Waals surface area contributed by atoms with Crippen molar-refractivity contribution in [2.24, 2.45) is 5.92 Å². The van der Waals surface area contributed by atoms with Gasteiger partial charge in [-0.1, -0.05) is 6.07 Å². The van der Waals surface area contributed by atoms with E-state index in [2.05, 4.69) is 4.90 Å². The monoisotopic (exact) mass is 303 g/mol. The Balaban J connectivity index is 1.91. The molecule has 3 rings (SSSR count). The summed E-state index contributed by atoms with van der Waals surface area (Å²) in [5.41, 5.74) is 0.261. The van der Waals surface area contributed by atoms with Crippen LogP contribution in [0.4, 0.5) is 18.9 Å². The molecule has 2 aliphatic carbocycles. The van der Waals surface area contributed by atoms with Crippen LogP contribution in [0.5, 0.6) is 0 Å². The summed E-state index contributed by atoms with van der Waals surface area (Å²) in [6.07, 6.45) is 0.246. The molecule has 0 aliphatic heterocycles. The number of nitrogens with zero attached hydrogens (tertiary/aromatic N) is 1. The number of hydrogen-bond donors (Lipinski definition) is 0. The molecule has 0 radical (unpaired) electrons. The summed E-state index contributed by atoms with van der Waals surface area (Å²) in [6.45, 7) is 0.891. The highest BCUT2D eigenvalue weighted by Crippen LogP contribution is 2.40. The molecule has 0 N–H and O–H groups in total. The summed E-state index contributed by atoms with van der Waals surface area (Å²) in [5, 5.41) is 0. The second-order valence-electron chi connectivity index (χ2n) is 5.80. The summed E-state index contributed by atoms with van der Waals surface area (Å²) < 4.78 is 39.3. The zero-order valence-corrected chi connectivity index (χ0v) is 11.8. The van der Waals surface area contributed by atoms with Gasteiger partial charge >= 0.3 is 6.18 Å². The third kappa shape index (κ3) is 3.05. The van der Waals surface area contributed by atoms with Crippen LogP contribution in [0.25, 0.3) is 0 Å². The predicted molar refractivity (Wildman–Crippen MR) is 74.1 cm³/mol. The minimum atomic E-state index is -4.34. The van der Waals surface area contributed by atoms with Crippen molar-refractivity contribution in [2.75, 3.05) is 11.4 Å². The molecule has 0 unspecified atom stereocenters. The molecule has 110 valence electrons. The van der Waals surface area contributed by atoms with E-state index in [9.17, 15) is 13.2 Å². The highest BCUT2D eigenvalue weighted by molar-refractivity contribution is 6.17. The van der Waals surface area contributed by atoms with Crippen LogP contribution in [0.15, 0.2) is 18.2 Å². The van der Waals surface area contributed by atoms with Gasteiger partial charge in [-0.15, -0.1) is 11.6 Å². The first-order chi connectivity index (χ1) is 9.49. The van der Waals surface area contributed by atoms with E-state index in [-0.39, 0.29) is 11.4 Å². The Morgan fingerprint density at radius 1 is 1.15 bits per heavy atom. The minimum absolute atomic E-state index is 0.110. The van der Waals surface area contributed by atoms with Gasteiger partial charge in [-0.2, -0.15) is 13.2 Å². The first kappa shape index (κ1) is 14.1. The van der Waals surface area contributed by atoms with Gasteiger partial charge in [-0.25, -0.2) is 0 Å². The standard InChI is InChI=1S/C15H17ClF3N/c16-8-11-3-4-13(7-14(11)15(17,18)19)20(12-5-6-12)9-10-1-2-10/h3-4,7,10,12H,1-2,5-6,8-9H2. The molecule has 20 heavy (non-hydrogen) atoms. The van der Waals surface area contributed by atoms with Crippen molar-refractivity contribution in [3.8, 4) is 0 Å². The summed E-state index contributed by atoms with van der Waals surface area (Å²) in [4.78, 5) is 2.16. The summed E-state index contributed by atoms with van der Waals surface area (Å²) in [6, 6.07) is 5.01. The van der Waals surface area contributed by atoms with Crippen molar-refractivity contribution >= 4 is 17.3 Å². The maximum absolute atomic E-state index is 13.1. The fourth-order valence-electron chi connectivity index (χ4n) is 2.55. The number of benzene rings is 1. The van der Waals surface area contributed by atoms with Crippen molar-refractivity contribution < 1.29 is 13.2 Å². The Labute approximate surface area is 121 Å². The van der Waals surface area contributed by atoms with Gasteiger partial charge in [0.25, 0.3) is 0 Å². The Morgan fingerprint density at radius 3 is 2.35 bits per heavy atom. The summed E-state index contributed by atoms with van der Waals surface area (Å²) >= 11 is 5.63. The van der Waals surface area contributed by atoms with Gasteiger partial charge in [0.1, 0.15) is 0 Å². The van der Waals surface area contributed by atoms with Crippen molar-refractivity contribution in [3.63, 3.8) is 0 Å². The van der Waals surface area contributed by atoms with E-state index in [1.807, 2.05) is 0 Å². The second-order valence-corrected chi connectivity index (χ2v) is 6.07. The molecular formula is C15H17ClF3N. The van der Waals surface area contributed by atoms with E-state index in [4.69, 9.17) is 11.6 Å². The van der Waals surface area contributed by atoms with Gasteiger partial charge in [-0.3, -0.25) is 0 Å². The van der Waals surface area contributed by atoms with Crippen molar-refractivity contribution in [1.29, 1.82) is 0 Å². The van der Waals surface area contributed by atoms with Gasteiger partial charge < -0.3 is 4.90 Å². The highest BCUT2D eigenvalue weighted by Gasteiger charge is 2.37. The lowest BCUT2D eigenvalue weighted by molar-refractivity contribution is -0.138. The molecule has 2 saturated carbocycles. The quantitative estimate of drug-likeness (QED) is 0.705. The lowest BCUT2D eigenvalue weighted by Crippen LogP contribution is -2.28. The van der Waals surface area contributed by atoms with E-state index >= 15 is 0 Å². The van der Waals surface area contributed by atoms with E-state index in [1.54, 1.807) is 6.07 Å². The third-order valence-corrected chi connectivity index (χ3v) is 4.30. The number of alkyl halides is 4. The molecule has 0 heterocycles. The number of halogens is 4. The van der Waals surface area contributed by atoms with E-state index < -0.39 is 11.7 Å². The lowest BCUT2D eigenvalue weighted by atomic mass is 10.1. The number of hydrogen-bond acceptors (Lipinski definition) is 1. The lowest BCUT2D eigenvalue weighted by Gasteiger charge is -2.26. The Bertz CT molecular complexity index is 492. The molecule has 0 bridgehead atoms. The Hall–Kier alpha value is -0.900. The third-order valence-electron chi connectivity index (χ3n) is 4.01. The SMILES string of the molecule is FC(F)(F)c1cc(N(CC2CC2)C2CC2)ccc1CCl. The van der Waals surface area contributed by atoms with Crippen LogP contribution < -0.4 is 4.90 Å². The van der Waals surface area contributed by atoms with Crippen LogP contribution in [0, 0.1) is 5.92 Å². The average molecular weight is 304 g/mol. The van der Waals surface area contributed by atoms with Gasteiger partial charge in [-0.05, 0) is 49.3 Å². The number of anilines is 1. The van der Waals surface area contributed by atoms with Crippen LogP contribution in [-0.2, 0) is 12.1 Å². The van der Waals surface area contributed by atoms with E-state index in [0.717, 1.165) is 19.4 Å². The minimum Gasteiger partial charge on any atom is -0.368 e. The molecule has 0 spiro atoms. The predicted octanol–water partition coefficient (Wildman–Crippen LogP) is 4.82. The zero-order chi connectivity index (χ0) is 14.3. The fourth-order valence-corrected chi connectivity index (χ4v) is 2.79. The molecule has 1 nitrogen and oxygen atoms in total. The van der Waals surface area contributed by atoms with Gasteiger partial charge in [0.2, 0.25) is 0 Å². The van der Waals surface area contributed by atoms with Crippen LogP contribution in [0.1, 0.15) is 36.8 Å². The molecule has 2 aliphatic rings. The van der Waals surface area contributed by atoms with Crippen molar-refractivity contribution in [1.82, 2.24) is 0 Å². The van der Waals surface area contributed by atoms with Gasteiger partial charge in [0, 0.05) is 24.2 Å². The van der Waals surface area contributed by atoms with Gasteiger partial charge in [0.15, 0.2) is 0 Å². The molecule has 2 fully saturated rings. The molecule has 1 aromatic carbocycles. The van der Waals surface area contributed by atoms with Crippen LogP contribution >= 0.6 is 11.6 Å². The molecular weight excluding hydrogens is 287 g/mol. The molecule has 0 aromatic heterocycles. The Kier molecular flexibility index (Phi) is 3.61. The maximum Gasteiger partial charge on any atom is 0.416 e. The first-order valence-electron chi connectivity index (χ1n) is 7.02. The summed E-state index contributed by atoms with van der Waals surface area (Å²) in [7, 11) is 0. The summed E-state index contributed by atoms with van der Waals surface area (Å²) in [5.74, 6) is 0.555. The highest BCUT2D eigenvalue weighted by atomic mass is 35.5. The van der Waals surface area contributed by atoms with Crippen molar-refractivity contribution in [2.45, 2.75) is 43.8 Å². The Morgan fingerprint density at radius 2 is 1.85 bits per heavy atom. The zero-order valence-electron chi connectivity index (χ0n) is 11.1. The van der Waals surface area contributed by atoms with Gasteiger partial charge in [0.05, 0.1) is 5.56 Å². The molecule has 0 atom stereocenters. The van der Waals surface area contributed by atoms with Crippen LogP contribution in [-0.4, -0.2) is 12.6 Å².